The third kappa shape index (κ3) is 35.5. The Hall–Kier alpha value is -8.22. The van der Waals surface area contributed by atoms with E-state index < -0.39 is 111 Å². The van der Waals surface area contributed by atoms with Crippen molar-refractivity contribution in [2.24, 2.45) is 5.73 Å². The molecule has 6 aromatic rings. The van der Waals surface area contributed by atoms with Crippen molar-refractivity contribution in [1.82, 2.24) is 0 Å². The number of ether oxygens (including phenoxy) is 4. The van der Waals surface area contributed by atoms with Crippen molar-refractivity contribution >= 4 is 104 Å². The van der Waals surface area contributed by atoms with Crippen LogP contribution in [0.5, 0.6) is 23.0 Å². The maximum atomic E-state index is 12.8. The number of nitrogens with two attached hydrogens (primary N) is 1. The van der Waals surface area contributed by atoms with Gasteiger partial charge in [0, 0.05) is 50.6 Å². The number of rotatable bonds is 18. The van der Waals surface area contributed by atoms with Crippen LogP contribution in [0.15, 0.2) is 109 Å². The van der Waals surface area contributed by atoms with Gasteiger partial charge in [0.2, 0.25) is 0 Å². The third-order valence-corrected chi connectivity index (χ3v) is 12.8. The van der Waals surface area contributed by atoms with Crippen molar-refractivity contribution in [3.8, 4) is 23.0 Å². The highest BCUT2D eigenvalue weighted by Gasteiger charge is 2.42. The number of anilines is 2. The molecule has 2 N–H and O–H groups in total. The van der Waals surface area contributed by atoms with Gasteiger partial charge >= 0.3 is 55.2 Å². The van der Waals surface area contributed by atoms with Gasteiger partial charge in [-0.25, -0.2) is 0 Å². The second-order valence-corrected chi connectivity index (χ2v) is 23.3. The number of alkyl halides is 23. The van der Waals surface area contributed by atoms with Gasteiger partial charge in [0.25, 0.3) is 0 Å². The maximum absolute atomic E-state index is 12.8. The zero-order chi connectivity index (χ0) is 81.0. The summed E-state index contributed by atoms with van der Waals surface area (Å²) in [6.07, 6.45) is -37.7. The molecule has 0 radical (unpaired) electrons. The summed E-state index contributed by atoms with van der Waals surface area (Å²) in [6.45, 7) is 7.05. The molecular weight excluding hydrogens is 1570 g/mol. The summed E-state index contributed by atoms with van der Waals surface area (Å²) in [5.41, 5.74) is -3.38. The predicted molar refractivity (Wildman–Crippen MR) is 335 cm³/mol. The first-order valence-electron chi connectivity index (χ1n) is 27.8. The first-order chi connectivity index (χ1) is 46.9. The molecule has 0 saturated heterocycles. The fraction of sp³-hybridized carbons (Fsp3) is 0.333. The number of hydrogen-bond donors (Lipinski definition) is 1. The average molecular weight is 1630 g/mol. The summed E-state index contributed by atoms with van der Waals surface area (Å²) in [6, 6.07) is 14.4. The van der Waals surface area contributed by atoms with Gasteiger partial charge in [-0.05, 0) is 151 Å². The van der Waals surface area contributed by atoms with Crippen LogP contribution in [0.1, 0.15) is 80.5 Å². The predicted octanol–water partition coefficient (Wildman–Crippen LogP) is 20.3. The molecule has 0 heterocycles. The number of Topliss-reactive ketones (excluding diaryl/α,β-unsaturated/α-hetero) is 5. The van der Waals surface area contributed by atoms with Crippen LogP contribution in [0.3, 0.4) is 0 Å². The van der Waals surface area contributed by atoms with E-state index >= 15 is 0 Å². The summed E-state index contributed by atoms with van der Waals surface area (Å²) in [5, 5.41) is -0.752. The summed E-state index contributed by atoms with van der Waals surface area (Å²) >= 11 is 27.5. The second kappa shape index (κ2) is 38.7. The summed E-state index contributed by atoms with van der Waals surface area (Å²) in [5.74, 6) is -4.63. The van der Waals surface area contributed by atoms with Crippen molar-refractivity contribution in [1.29, 1.82) is 0 Å². The molecule has 0 aliphatic heterocycles. The summed E-state index contributed by atoms with van der Waals surface area (Å²) < 4.78 is 306. The Balaban J connectivity index is 0.000000625. The average Bonchev–Trinajstić information content (AvgIpc) is 0.792. The Labute approximate surface area is 599 Å². The maximum Gasteiger partial charge on any atom is 0.482 e. The molecule has 0 spiro atoms. The number of carbonyl (C=O) groups is 6. The van der Waals surface area contributed by atoms with E-state index in [4.69, 9.17) is 72.2 Å². The Morgan fingerprint density at radius 1 is 0.356 bits per heavy atom. The van der Waals surface area contributed by atoms with Crippen molar-refractivity contribution in [3.05, 3.63) is 173 Å². The van der Waals surface area contributed by atoms with Crippen LogP contribution in [0.25, 0.3) is 0 Å². The molecule has 0 bridgehead atoms. The van der Waals surface area contributed by atoms with Gasteiger partial charge in [0.05, 0.1) is 52.0 Å². The molecule has 576 valence electrons. The van der Waals surface area contributed by atoms with Crippen molar-refractivity contribution in [3.63, 3.8) is 0 Å². The van der Waals surface area contributed by atoms with E-state index in [0.29, 0.717) is 24.3 Å². The molecule has 0 fully saturated rings. The number of hydrogen-bond acceptors (Lipinski definition) is 12. The van der Waals surface area contributed by atoms with Crippen molar-refractivity contribution < 1.29 is 149 Å². The fourth-order valence-corrected chi connectivity index (χ4v) is 8.15. The Kier molecular flexibility index (Phi) is 34.9. The highest BCUT2D eigenvalue weighted by molar-refractivity contribution is 6.32. The van der Waals surface area contributed by atoms with E-state index in [0.717, 1.165) is 53.4 Å². The molecular formula is C63H53Cl5F23N3O10. The lowest BCUT2D eigenvalue weighted by molar-refractivity contribution is -0.189. The van der Waals surface area contributed by atoms with Gasteiger partial charge in [-0.1, -0.05) is 58.0 Å². The quantitative estimate of drug-likeness (QED) is 0.0809. The van der Waals surface area contributed by atoms with Crippen LogP contribution >= 0.6 is 58.0 Å². The van der Waals surface area contributed by atoms with Gasteiger partial charge in [-0.2, -0.15) is 101 Å². The number of halogens is 28. The minimum absolute atomic E-state index is 0.00905. The van der Waals surface area contributed by atoms with E-state index in [2.05, 4.69) is 10.5 Å². The van der Waals surface area contributed by atoms with Crippen LogP contribution in [-0.4, -0.2) is 87.4 Å². The number of ketones is 5. The van der Waals surface area contributed by atoms with Crippen LogP contribution in [0, 0.1) is 0 Å². The largest absolute Gasteiger partial charge is 0.486 e. The zero-order valence-electron chi connectivity index (χ0n) is 53.9. The number of carbonyl (C=O) groups excluding carboxylic acids is 6. The molecule has 6 aromatic carbocycles. The fourth-order valence-electron chi connectivity index (χ4n) is 7.02. The van der Waals surface area contributed by atoms with Gasteiger partial charge in [0.1, 0.15) is 47.8 Å². The van der Waals surface area contributed by atoms with Gasteiger partial charge < -0.3 is 34.5 Å². The second-order valence-electron chi connectivity index (χ2n) is 21.1. The standard InChI is InChI=1S/C12H11F6NO.C11H11ClF3NO.C11H10ClF3O2.2C10H8ClF3O2.C9H5ClF5NO2/c1-7(20)6-19(2)10-4-8(11(13,14)15)3-9(5-10)12(16,17)18;1-7(17)6-16(2)10-4-8(11(13,14)15)3-9(12)5-10;1-6(16)7(2)17-10-4-8(11(13,14)15)3-9(12)5-10;2*1-6(15)5-16-9-3-7(10(12,13)14)2-8(11)4-9;10-5-1-4(8(11,12)13)2-6(3-5)18-9(14,15)7(16)17/h3-5H,6H2,1-2H3;3-5H,6H2,1-2H3;3-5,7H,1-2H3;2*2-4H,5H2,1H3;1-3H,(H2,16,17). The lowest BCUT2D eigenvalue weighted by Crippen LogP contribution is -2.40. The van der Waals surface area contributed by atoms with Gasteiger partial charge in [-0.3, -0.25) is 28.8 Å². The number of benzene rings is 6. The first-order valence-corrected chi connectivity index (χ1v) is 29.7. The van der Waals surface area contributed by atoms with Crippen LogP contribution in [-0.2, 0) is 72.0 Å². The molecule has 41 heteroatoms. The SMILES string of the molecule is CC(=O)C(C)Oc1cc(Cl)cc(C(F)(F)F)c1.CC(=O)CN(C)c1cc(C(F)(F)F)cc(C(F)(F)F)c1.CC(=O)CN(C)c1cc(Cl)cc(C(F)(F)F)c1.CC(=O)COc1cc(Cl)cc(C(F)(F)F)c1.CC(=O)COc1cc(Cl)cc(C(F)(F)F)c1.NC(=O)C(F)(F)Oc1cc(Cl)cc(C(F)(F)F)c1. The van der Waals surface area contributed by atoms with Crippen LogP contribution < -0.4 is 34.5 Å². The van der Waals surface area contributed by atoms with Crippen molar-refractivity contribution in [2.75, 3.05) is 50.2 Å². The first kappa shape index (κ1) is 93.8. The normalized spacial score (nSPS) is 12.0. The highest BCUT2D eigenvalue weighted by atomic mass is 35.5. The molecule has 0 saturated carbocycles. The minimum atomic E-state index is -4.90. The Morgan fingerprint density at radius 2 is 0.596 bits per heavy atom. The molecule has 1 atom stereocenters. The minimum Gasteiger partial charge on any atom is -0.486 e. The van der Waals surface area contributed by atoms with E-state index in [1.54, 1.807) is 0 Å². The van der Waals surface area contributed by atoms with E-state index in [9.17, 15) is 130 Å². The number of likely N-dealkylation sites (N-methyl/N-ethyl adjacent to an activating group) is 2. The number of nitrogens with zero attached hydrogens (tertiary/aromatic N) is 2. The topological polar surface area (TPSA) is 172 Å². The third-order valence-electron chi connectivity index (χ3n) is 11.7. The van der Waals surface area contributed by atoms with Gasteiger partial charge in [-0.15, -0.1) is 0 Å². The van der Waals surface area contributed by atoms with Crippen LogP contribution in [0.2, 0.25) is 25.1 Å². The molecule has 1 unspecified atom stereocenters. The molecule has 13 nitrogen and oxygen atoms in total. The van der Waals surface area contributed by atoms with E-state index in [-0.39, 0.29) is 116 Å². The Morgan fingerprint density at radius 3 is 0.865 bits per heavy atom. The molecule has 0 aromatic heterocycles. The number of amides is 1. The number of primary amides is 1. The zero-order valence-corrected chi connectivity index (χ0v) is 57.7. The Bertz CT molecular complexity index is 3830. The molecule has 104 heavy (non-hydrogen) atoms. The molecule has 0 aliphatic rings. The molecule has 1 amide bonds. The summed E-state index contributed by atoms with van der Waals surface area (Å²) in [7, 11) is 2.78. The summed E-state index contributed by atoms with van der Waals surface area (Å²) in [4.78, 5) is 66.7. The molecule has 6 rings (SSSR count). The van der Waals surface area contributed by atoms with Gasteiger partial charge in [0.15, 0.2) is 23.5 Å². The molecule has 0 aliphatic carbocycles. The van der Waals surface area contributed by atoms with E-state index in [1.807, 2.05) is 0 Å². The smallest absolute Gasteiger partial charge is 0.482 e. The lowest BCUT2D eigenvalue weighted by atomic mass is 10.1. The highest BCUT2D eigenvalue weighted by Crippen LogP contribution is 2.41. The lowest BCUT2D eigenvalue weighted by Gasteiger charge is -2.21. The van der Waals surface area contributed by atoms with Crippen molar-refractivity contribution in [2.45, 2.75) is 97.0 Å². The van der Waals surface area contributed by atoms with E-state index in [1.165, 1.54) is 84.8 Å². The van der Waals surface area contributed by atoms with Crippen LogP contribution in [0.4, 0.5) is 112 Å². The monoisotopic (exact) mass is 1620 g/mol.